The molecule has 5 rings (SSSR count). The molecule has 2 aromatic carbocycles. The van der Waals surface area contributed by atoms with E-state index in [9.17, 15) is 9.59 Å². The third-order valence-electron chi connectivity index (χ3n) is 6.11. The Labute approximate surface area is 192 Å². The number of anilines is 2. The molecule has 3 aromatic rings. The van der Waals surface area contributed by atoms with Crippen LogP contribution in [0.1, 0.15) is 34.5 Å². The first-order chi connectivity index (χ1) is 16.1. The zero-order valence-electron chi connectivity index (χ0n) is 18.3. The zero-order chi connectivity index (χ0) is 22.8. The van der Waals surface area contributed by atoms with Gasteiger partial charge >= 0.3 is 0 Å². The van der Waals surface area contributed by atoms with Crippen molar-refractivity contribution in [1.82, 2.24) is 10.2 Å². The number of amides is 2. The number of hydrogen-bond acceptors (Lipinski definition) is 5. The first-order valence-electron chi connectivity index (χ1n) is 11.2. The van der Waals surface area contributed by atoms with Gasteiger partial charge in [0.1, 0.15) is 11.5 Å². The van der Waals surface area contributed by atoms with Gasteiger partial charge in [0.2, 0.25) is 0 Å². The van der Waals surface area contributed by atoms with Crippen LogP contribution >= 0.6 is 0 Å². The van der Waals surface area contributed by atoms with Gasteiger partial charge in [-0.1, -0.05) is 18.2 Å². The van der Waals surface area contributed by atoms with Crippen LogP contribution in [0, 0.1) is 0 Å². The van der Waals surface area contributed by atoms with Crippen LogP contribution < -0.4 is 16.4 Å². The van der Waals surface area contributed by atoms with E-state index in [1.165, 1.54) is 12.8 Å². The SMILES string of the molecule is Nc1cc(C(=O)NCCN2CCCC2)ccc1-c1ccc(/C=C2/C(=O)Nc3ccccc32)o1. The number of para-hydroxylation sites is 1. The van der Waals surface area contributed by atoms with Crippen LogP contribution in [0.3, 0.4) is 0 Å². The van der Waals surface area contributed by atoms with Gasteiger partial charge in [0.25, 0.3) is 11.8 Å². The molecule has 2 aliphatic heterocycles. The lowest BCUT2D eigenvalue weighted by molar-refractivity contribution is -0.110. The summed E-state index contributed by atoms with van der Waals surface area (Å²) in [6.07, 6.45) is 4.19. The van der Waals surface area contributed by atoms with Gasteiger partial charge < -0.3 is 25.7 Å². The van der Waals surface area contributed by atoms with Crippen molar-refractivity contribution in [1.29, 1.82) is 0 Å². The van der Waals surface area contributed by atoms with Crippen molar-refractivity contribution in [2.75, 3.05) is 37.2 Å². The molecule has 3 heterocycles. The number of nitrogen functional groups attached to an aromatic ring is 1. The average molecular weight is 443 g/mol. The van der Waals surface area contributed by atoms with E-state index in [1.807, 2.05) is 30.3 Å². The van der Waals surface area contributed by atoms with Gasteiger partial charge in [-0.3, -0.25) is 9.59 Å². The van der Waals surface area contributed by atoms with Crippen LogP contribution in [-0.4, -0.2) is 42.9 Å². The molecule has 2 amide bonds. The Morgan fingerprint density at radius 1 is 1.09 bits per heavy atom. The van der Waals surface area contributed by atoms with E-state index < -0.39 is 0 Å². The molecule has 0 spiro atoms. The Morgan fingerprint density at radius 2 is 1.91 bits per heavy atom. The standard InChI is InChI=1S/C26H26N4O3/c27-22-15-17(25(31)28-11-14-30-12-3-4-13-30)7-9-20(22)24-10-8-18(33-24)16-21-19-5-1-2-6-23(19)29-26(21)32/h1-2,5-10,15-16H,3-4,11-14,27H2,(H,28,31)(H,29,32)/b21-16+. The lowest BCUT2D eigenvalue weighted by atomic mass is 10.1. The molecule has 168 valence electrons. The minimum absolute atomic E-state index is 0.136. The summed E-state index contributed by atoms with van der Waals surface area (Å²) in [5, 5.41) is 5.82. The number of nitrogens with one attached hydrogen (secondary N) is 2. The Bertz CT molecular complexity index is 1240. The van der Waals surface area contributed by atoms with Crippen molar-refractivity contribution in [3.63, 3.8) is 0 Å². The van der Waals surface area contributed by atoms with E-state index in [-0.39, 0.29) is 11.8 Å². The fourth-order valence-electron chi connectivity index (χ4n) is 4.36. The third-order valence-corrected chi connectivity index (χ3v) is 6.11. The quantitative estimate of drug-likeness (QED) is 0.398. The van der Waals surface area contributed by atoms with Crippen molar-refractivity contribution in [2.24, 2.45) is 0 Å². The average Bonchev–Trinajstić information content (AvgIpc) is 3.55. The molecule has 1 aromatic heterocycles. The monoisotopic (exact) mass is 442 g/mol. The van der Waals surface area contributed by atoms with Crippen LogP contribution in [0.2, 0.25) is 0 Å². The van der Waals surface area contributed by atoms with Crippen LogP contribution in [0.15, 0.2) is 59.0 Å². The first kappa shape index (κ1) is 21.0. The smallest absolute Gasteiger partial charge is 0.256 e. The van der Waals surface area contributed by atoms with E-state index in [4.69, 9.17) is 10.2 Å². The van der Waals surface area contributed by atoms with Gasteiger partial charge in [0.05, 0.1) is 5.57 Å². The van der Waals surface area contributed by atoms with E-state index >= 15 is 0 Å². The number of hydrogen-bond donors (Lipinski definition) is 3. The van der Waals surface area contributed by atoms with Crippen LogP contribution in [-0.2, 0) is 4.79 Å². The molecule has 0 unspecified atom stereocenters. The lowest BCUT2D eigenvalue weighted by Crippen LogP contribution is -2.33. The van der Waals surface area contributed by atoms with Crippen molar-refractivity contribution < 1.29 is 14.0 Å². The maximum absolute atomic E-state index is 12.5. The summed E-state index contributed by atoms with van der Waals surface area (Å²) in [6.45, 7) is 3.70. The van der Waals surface area contributed by atoms with Gasteiger partial charge in [0.15, 0.2) is 0 Å². The summed E-state index contributed by atoms with van der Waals surface area (Å²) in [5.74, 6) is 0.832. The highest BCUT2D eigenvalue weighted by Crippen LogP contribution is 2.34. The van der Waals surface area contributed by atoms with E-state index in [0.29, 0.717) is 40.5 Å². The number of furan rings is 1. The normalized spacial score (nSPS) is 16.7. The highest BCUT2D eigenvalue weighted by molar-refractivity contribution is 6.34. The summed E-state index contributed by atoms with van der Waals surface area (Å²) < 4.78 is 5.96. The number of nitrogens with zero attached hydrogens (tertiary/aromatic N) is 1. The Balaban J connectivity index is 1.29. The summed E-state index contributed by atoms with van der Waals surface area (Å²) in [7, 11) is 0. The predicted octanol–water partition coefficient (Wildman–Crippen LogP) is 3.85. The molecule has 7 nitrogen and oxygen atoms in total. The van der Waals surface area contributed by atoms with Crippen molar-refractivity contribution in [3.8, 4) is 11.3 Å². The van der Waals surface area contributed by atoms with Crippen molar-refractivity contribution in [3.05, 3.63) is 71.5 Å². The maximum atomic E-state index is 12.5. The van der Waals surface area contributed by atoms with Gasteiger partial charge in [-0.25, -0.2) is 0 Å². The minimum Gasteiger partial charge on any atom is -0.457 e. The number of carbonyl (C=O) groups excluding carboxylic acids is 2. The van der Waals surface area contributed by atoms with E-state index in [0.717, 1.165) is 30.9 Å². The van der Waals surface area contributed by atoms with Crippen molar-refractivity contribution in [2.45, 2.75) is 12.8 Å². The molecule has 0 saturated carbocycles. The molecule has 2 aliphatic rings. The number of nitrogens with two attached hydrogens (primary N) is 1. The fraction of sp³-hybridized carbons (Fsp3) is 0.231. The molecule has 7 heteroatoms. The zero-order valence-corrected chi connectivity index (χ0v) is 18.3. The maximum Gasteiger partial charge on any atom is 0.256 e. The Morgan fingerprint density at radius 3 is 2.73 bits per heavy atom. The molecule has 1 fully saturated rings. The summed E-state index contributed by atoms with van der Waals surface area (Å²) >= 11 is 0. The van der Waals surface area contributed by atoms with Gasteiger partial charge in [-0.15, -0.1) is 0 Å². The van der Waals surface area contributed by atoms with Crippen LogP contribution in [0.25, 0.3) is 23.0 Å². The van der Waals surface area contributed by atoms with Gasteiger partial charge in [-0.2, -0.15) is 0 Å². The largest absolute Gasteiger partial charge is 0.457 e. The number of benzene rings is 2. The minimum atomic E-state index is -0.159. The Kier molecular flexibility index (Phi) is 5.71. The number of fused-ring (bicyclic) bond motifs is 1. The van der Waals surface area contributed by atoms with Crippen LogP contribution in [0.4, 0.5) is 11.4 Å². The predicted molar refractivity (Wildman–Crippen MR) is 130 cm³/mol. The molecule has 4 N–H and O–H groups in total. The van der Waals surface area contributed by atoms with E-state index in [1.54, 1.807) is 30.3 Å². The van der Waals surface area contributed by atoms with Crippen LogP contribution in [0.5, 0.6) is 0 Å². The fourth-order valence-corrected chi connectivity index (χ4v) is 4.36. The van der Waals surface area contributed by atoms with E-state index in [2.05, 4.69) is 15.5 Å². The third kappa shape index (κ3) is 4.40. The second-order valence-corrected chi connectivity index (χ2v) is 8.37. The lowest BCUT2D eigenvalue weighted by Gasteiger charge is -2.15. The molecule has 1 saturated heterocycles. The molecule has 0 aliphatic carbocycles. The second-order valence-electron chi connectivity index (χ2n) is 8.37. The molecular formula is C26H26N4O3. The summed E-state index contributed by atoms with van der Waals surface area (Å²) in [5.41, 5.74) is 10.1. The van der Waals surface area contributed by atoms with Gasteiger partial charge in [0, 0.05) is 41.2 Å². The van der Waals surface area contributed by atoms with Gasteiger partial charge in [-0.05, 0) is 68.4 Å². The first-order valence-corrected chi connectivity index (χ1v) is 11.2. The molecule has 33 heavy (non-hydrogen) atoms. The Hall–Kier alpha value is -3.84. The summed E-state index contributed by atoms with van der Waals surface area (Å²) in [6, 6.07) is 16.4. The molecule has 0 bridgehead atoms. The highest BCUT2D eigenvalue weighted by atomic mass is 16.3. The molecule has 0 radical (unpaired) electrons. The second kappa shape index (κ2) is 8.96. The number of likely N-dealkylation sites (tertiary alicyclic amines) is 1. The summed E-state index contributed by atoms with van der Waals surface area (Å²) in [4.78, 5) is 27.2. The molecular weight excluding hydrogens is 416 g/mol. The van der Waals surface area contributed by atoms with Crippen molar-refractivity contribution >= 4 is 34.8 Å². The number of rotatable bonds is 6. The highest BCUT2D eigenvalue weighted by Gasteiger charge is 2.24. The number of carbonyl (C=O) groups is 2. The molecule has 0 atom stereocenters. The topological polar surface area (TPSA) is 101 Å².